The van der Waals surface area contributed by atoms with E-state index in [9.17, 15) is 15.0 Å². The SMILES string of the molecule is Cc1cc(C)nc(N2C(=O)N(C)[C@@H](O)[C@@H]2O)c1. The molecule has 1 aromatic rings. The first-order valence-corrected chi connectivity index (χ1v) is 5.29. The highest BCUT2D eigenvalue weighted by molar-refractivity contribution is 5.93. The molecule has 2 amide bonds. The fraction of sp³-hybridized carbons (Fsp3) is 0.455. The van der Waals surface area contributed by atoms with Crippen LogP contribution in [0, 0.1) is 13.8 Å². The summed E-state index contributed by atoms with van der Waals surface area (Å²) in [5.74, 6) is 0.350. The zero-order valence-electron chi connectivity index (χ0n) is 9.95. The molecule has 1 fully saturated rings. The van der Waals surface area contributed by atoms with Crippen LogP contribution in [0.25, 0.3) is 0 Å². The van der Waals surface area contributed by atoms with Gasteiger partial charge in [-0.15, -0.1) is 0 Å². The Morgan fingerprint density at radius 1 is 1.24 bits per heavy atom. The Hall–Kier alpha value is -1.66. The van der Waals surface area contributed by atoms with Gasteiger partial charge >= 0.3 is 6.03 Å². The van der Waals surface area contributed by atoms with Crippen molar-refractivity contribution < 1.29 is 15.0 Å². The Balaban J connectivity index is 2.43. The predicted octanol–water partition coefficient (Wildman–Crippen LogP) is 0.207. The van der Waals surface area contributed by atoms with E-state index >= 15 is 0 Å². The van der Waals surface area contributed by atoms with Crippen LogP contribution in [0.1, 0.15) is 11.3 Å². The van der Waals surface area contributed by atoms with Crippen molar-refractivity contribution in [1.82, 2.24) is 9.88 Å². The van der Waals surface area contributed by atoms with E-state index in [4.69, 9.17) is 0 Å². The van der Waals surface area contributed by atoms with Crippen molar-refractivity contribution in [2.75, 3.05) is 11.9 Å². The molecule has 2 rings (SSSR count). The summed E-state index contributed by atoms with van der Waals surface area (Å²) in [7, 11) is 1.43. The molecule has 6 heteroatoms. The van der Waals surface area contributed by atoms with E-state index in [1.54, 1.807) is 6.07 Å². The second kappa shape index (κ2) is 3.97. The number of likely N-dealkylation sites (N-methyl/N-ethyl adjacent to an activating group) is 1. The van der Waals surface area contributed by atoms with E-state index < -0.39 is 18.5 Å². The van der Waals surface area contributed by atoms with Crippen molar-refractivity contribution in [2.24, 2.45) is 0 Å². The molecular weight excluding hydrogens is 222 g/mol. The van der Waals surface area contributed by atoms with Gasteiger partial charge in [0.2, 0.25) is 0 Å². The molecular formula is C11H15N3O3. The molecule has 0 saturated carbocycles. The zero-order valence-corrected chi connectivity index (χ0v) is 9.95. The van der Waals surface area contributed by atoms with E-state index in [2.05, 4.69) is 4.98 Å². The molecule has 0 aliphatic carbocycles. The van der Waals surface area contributed by atoms with Crippen molar-refractivity contribution >= 4 is 11.8 Å². The van der Waals surface area contributed by atoms with Gasteiger partial charge < -0.3 is 10.2 Å². The summed E-state index contributed by atoms with van der Waals surface area (Å²) < 4.78 is 0. The maximum absolute atomic E-state index is 11.8. The molecule has 0 aromatic carbocycles. The zero-order chi connectivity index (χ0) is 12.7. The van der Waals surface area contributed by atoms with E-state index in [1.807, 2.05) is 19.9 Å². The lowest BCUT2D eigenvalue weighted by Crippen LogP contribution is -2.37. The molecule has 2 atom stereocenters. The summed E-state index contributed by atoms with van der Waals surface area (Å²) in [4.78, 5) is 18.2. The third-order valence-electron chi connectivity index (χ3n) is 2.77. The number of hydrogen-bond donors (Lipinski definition) is 2. The van der Waals surface area contributed by atoms with E-state index in [0.717, 1.165) is 21.1 Å². The number of carbonyl (C=O) groups is 1. The van der Waals surface area contributed by atoms with Gasteiger partial charge in [-0.25, -0.2) is 14.7 Å². The van der Waals surface area contributed by atoms with Crippen LogP contribution in [0.2, 0.25) is 0 Å². The Labute approximate surface area is 99.1 Å². The molecule has 1 aliphatic rings. The van der Waals surface area contributed by atoms with Crippen LogP contribution >= 0.6 is 0 Å². The van der Waals surface area contributed by atoms with Gasteiger partial charge in [-0.3, -0.25) is 4.90 Å². The Morgan fingerprint density at radius 3 is 2.35 bits per heavy atom. The summed E-state index contributed by atoms with van der Waals surface area (Å²) in [6.45, 7) is 3.69. The number of rotatable bonds is 1. The number of aliphatic hydroxyl groups excluding tert-OH is 2. The summed E-state index contributed by atoms with van der Waals surface area (Å²) >= 11 is 0. The average Bonchev–Trinajstić information content (AvgIpc) is 2.42. The number of nitrogens with zero attached hydrogens (tertiary/aromatic N) is 3. The Kier molecular flexibility index (Phi) is 2.76. The van der Waals surface area contributed by atoms with Gasteiger partial charge in [-0.1, -0.05) is 0 Å². The van der Waals surface area contributed by atoms with Crippen LogP contribution in [0.5, 0.6) is 0 Å². The number of urea groups is 1. The van der Waals surface area contributed by atoms with Crippen LogP contribution in [0.4, 0.5) is 10.6 Å². The lowest BCUT2D eigenvalue weighted by molar-refractivity contribution is -0.0183. The fourth-order valence-electron chi connectivity index (χ4n) is 1.91. The molecule has 1 aromatic heterocycles. The summed E-state index contributed by atoms with van der Waals surface area (Å²) in [5, 5.41) is 19.4. The predicted molar refractivity (Wildman–Crippen MR) is 61.4 cm³/mol. The number of aromatic nitrogens is 1. The number of aryl methyl sites for hydroxylation is 2. The molecule has 0 bridgehead atoms. The van der Waals surface area contributed by atoms with Gasteiger partial charge in [-0.05, 0) is 31.5 Å². The molecule has 2 N–H and O–H groups in total. The minimum Gasteiger partial charge on any atom is -0.369 e. The molecule has 0 radical (unpaired) electrons. The quantitative estimate of drug-likeness (QED) is 0.732. The van der Waals surface area contributed by atoms with Gasteiger partial charge in [0, 0.05) is 12.7 Å². The highest BCUT2D eigenvalue weighted by atomic mass is 16.4. The first-order valence-electron chi connectivity index (χ1n) is 5.29. The number of anilines is 1. The number of hydrogen-bond acceptors (Lipinski definition) is 4. The van der Waals surface area contributed by atoms with Gasteiger partial charge in [0.25, 0.3) is 0 Å². The van der Waals surface area contributed by atoms with E-state index in [0.29, 0.717) is 5.82 Å². The van der Waals surface area contributed by atoms with Crippen LogP contribution in [0.15, 0.2) is 12.1 Å². The first-order chi connectivity index (χ1) is 7.91. The summed E-state index contributed by atoms with van der Waals surface area (Å²) in [5.41, 5.74) is 1.69. The number of pyridine rings is 1. The minimum absolute atomic E-state index is 0.350. The maximum Gasteiger partial charge on any atom is 0.329 e. The number of amides is 2. The van der Waals surface area contributed by atoms with E-state index in [1.165, 1.54) is 7.05 Å². The Bertz CT molecular complexity index is 443. The van der Waals surface area contributed by atoms with Crippen molar-refractivity contribution in [3.63, 3.8) is 0 Å². The van der Waals surface area contributed by atoms with Gasteiger partial charge in [0.1, 0.15) is 5.82 Å². The van der Waals surface area contributed by atoms with Crippen molar-refractivity contribution in [3.8, 4) is 0 Å². The highest BCUT2D eigenvalue weighted by Gasteiger charge is 2.43. The van der Waals surface area contributed by atoms with Crippen LogP contribution in [-0.2, 0) is 0 Å². The third-order valence-corrected chi connectivity index (χ3v) is 2.77. The molecule has 17 heavy (non-hydrogen) atoms. The summed E-state index contributed by atoms with van der Waals surface area (Å²) in [6, 6.07) is 3.10. The largest absolute Gasteiger partial charge is 0.369 e. The molecule has 0 unspecified atom stereocenters. The number of carbonyl (C=O) groups excluding carboxylic acids is 1. The smallest absolute Gasteiger partial charge is 0.329 e. The molecule has 1 saturated heterocycles. The average molecular weight is 237 g/mol. The molecule has 0 spiro atoms. The highest BCUT2D eigenvalue weighted by Crippen LogP contribution is 2.25. The van der Waals surface area contributed by atoms with Crippen LogP contribution in [-0.4, -0.2) is 45.6 Å². The Morgan fingerprint density at radius 2 is 1.88 bits per heavy atom. The maximum atomic E-state index is 11.8. The fourth-order valence-corrected chi connectivity index (χ4v) is 1.91. The molecule has 1 aliphatic heterocycles. The minimum atomic E-state index is -1.29. The van der Waals surface area contributed by atoms with Gasteiger partial charge in [0.05, 0.1) is 0 Å². The standard InChI is InChI=1S/C11H15N3O3/c1-6-4-7(2)12-8(5-6)14-10(16)9(15)13(3)11(14)17/h4-5,9-10,15-16H,1-3H3/t9-,10-/m0/s1. The number of aliphatic hydroxyl groups is 2. The second-order valence-corrected chi connectivity index (χ2v) is 4.23. The lowest BCUT2D eigenvalue weighted by atomic mass is 10.2. The molecule has 2 heterocycles. The van der Waals surface area contributed by atoms with Crippen molar-refractivity contribution in [1.29, 1.82) is 0 Å². The first kappa shape index (κ1) is 11.8. The molecule has 6 nitrogen and oxygen atoms in total. The normalized spacial score (nSPS) is 24.6. The topological polar surface area (TPSA) is 76.9 Å². The van der Waals surface area contributed by atoms with Crippen molar-refractivity contribution in [2.45, 2.75) is 26.3 Å². The van der Waals surface area contributed by atoms with Crippen LogP contribution < -0.4 is 4.90 Å². The summed E-state index contributed by atoms with van der Waals surface area (Å²) in [6.07, 6.45) is -2.52. The molecule has 92 valence electrons. The van der Waals surface area contributed by atoms with Gasteiger partial charge in [0.15, 0.2) is 12.5 Å². The van der Waals surface area contributed by atoms with Crippen LogP contribution in [0.3, 0.4) is 0 Å². The third kappa shape index (κ3) is 1.85. The van der Waals surface area contributed by atoms with Crippen molar-refractivity contribution in [3.05, 3.63) is 23.4 Å². The lowest BCUT2D eigenvalue weighted by Gasteiger charge is -2.19. The van der Waals surface area contributed by atoms with Gasteiger partial charge in [-0.2, -0.15) is 0 Å². The monoisotopic (exact) mass is 237 g/mol. The second-order valence-electron chi connectivity index (χ2n) is 4.23. The van der Waals surface area contributed by atoms with E-state index in [-0.39, 0.29) is 0 Å².